The number of carbonyl (C=O) groups excluding carboxylic acids is 1. The number of nitrogens with zero attached hydrogens (tertiary/aromatic N) is 1. The molecule has 0 aliphatic rings. The molecule has 0 atom stereocenters. The smallest absolute Gasteiger partial charge is 0.251 e. The van der Waals surface area contributed by atoms with Crippen LogP contribution < -0.4 is 16.0 Å². The van der Waals surface area contributed by atoms with E-state index in [1.54, 1.807) is 6.07 Å². The predicted octanol–water partition coefficient (Wildman–Crippen LogP) is 2.99. The molecule has 1 amide bonds. The van der Waals surface area contributed by atoms with Crippen LogP contribution in [-0.2, 0) is 0 Å². The van der Waals surface area contributed by atoms with Crippen LogP contribution in [0.5, 0.6) is 0 Å². The molecule has 0 saturated carbocycles. The zero-order valence-corrected chi connectivity index (χ0v) is 14.1. The summed E-state index contributed by atoms with van der Waals surface area (Å²) >= 11 is 1.89. The van der Waals surface area contributed by atoms with Crippen molar-refractivity contribution in [3.63, 3.8) is 0 Å². The Morgan fingerprint density at radius 1 is 1.24 bits per heavy atom. The van der Waals surface area contributed by atoms with Gasteiger partial charge in [-0.15, -0.1) is 0 Å². The number of nitrogens with two attached hydrogens (primary N) is 1. The summed E-state index contributed by atoms with van der Waals surface area (Å²) in [5.41, 5.74) is 8.14. The molecule has 1 rings (SSSR count). The van der Waals surface area contributed by atoms with Crippen LogP contribution in [0.2, 0.25) is 0 Å². The number of nitrogens with one attached hydrogen (secondary N) is 1. The second-order valence-corrected chi connectivity index (χ2v) is 6.32. The maximum Gasteiger partial charge on any atom is 0.251 e. The minimum absolute atomic E-state index is 0.0453. The molecule has 0 spiro atoms. The van der Waals surface area contributed by atoms with Gasteiger partial charge in [-0.2, -0.15) is 11.8 Å². The largest absolute Gasteiger partial charge is 0.397 e. The fraction of sp³-hybridized carbons (Fsp3) is 0.562. The molecule has 0 radical (unpaired) electrons. The van der Waals surface area contributed by atoms with Gasteiger partial charge in [0.2, 0.25) is 0 Å². The van der Waals surface area contributed by atoms with Crippen molar-refractivity contribution < 1.29 is 4.79 Å². The fourth-order valence-corrected chi connectivity index (χ4v) is 2.62. The first-order valence-corrected chi connectivity index (χ1v) is 8.79. The number of carbonyl (C=O) groups is 1. The minimum Gasteiger partial charge on any atom is -0.397 e. The number of rotatable bonds is 9. The van der Waals surface area contributed by atoms with Gasteiger partial charge >= 0.3 is 0 Å². The highest BCUT2D eigenvalue weighted by atomic mass is 32.2. The molecule has 21 heavy (non-hydrogen) atoms. The van der Waals surface area contributed by atoms with E-state index in [-0.39, 0.29) is 5.91 Å². The molecule has 1 aromatic carbocycles. The van der Waals surface area contributed by atoms with E-state index in [1.165, 1.54) is 25.0 Å². The number of hydrogen-bond acceptors (Lipinski definition) is 4. The van der Waals surface area contributed by atoms with Gasteiger partial charge in [-0.3, -0.25) is 4.79 Å². The Hall–Kier alpha value is -1.36. The summed E-state index contributed by atoms with van der Waals surface area (Å²) in [5.74, 6) is 1.18. The van der Waals surface area contributed by atoms with Crippen molar-refractivity contribution in [2.75, 3.05) is 43.3 Å². The Labute approximate surface area is 132 Å². The molecule has 3 N–H and O–H groups in total. The van der Waals surface area contributed by atoms with E-state index in [0.29, 0.717) is 11.3 Å². The van der Waals surface area contributed by atoms with Crippen LogP contribution in [0.15, 0.2) is 18.2 Å². The molecular formula is C16H27N3OS. The van der Waals surface area contributed by atoms with Crippen molar-refractivity contribution in [3.05, 3.63) is 23.8 Å². The van der Waals surface area contributed by atoms with Gasteiger partial charge in [0, 0.05) is 26.2 Å². The third kappa shape index (κ3) is 6.29. The van der Waals surface area contributed by atoms with Crippen LogP contribution in [0.4, 0.5) is 11.4 Å². The number of nitrogen functional groups attached to an aromatic ring is 1. The summed E-state index contributed by atoms with van der Waals surface area (Å²) < 4.78 is 0. The van der Waals surface area contributed by atoms with Crippen molar-refractivity contribution in [2.45, 2.75) is 25.7 Å². The molecule has 0 aromatic heterocycles. The number of hydrogen-bond donors (Lipinski definition) is 2. The van der Waals surface area contributed by atoms with Gasteiger partial charge in [-0.05, 0) is 43.0 Å². The van der Waals surface area contributed by atoms with Crippen LogP contribution in [0, 0.1) is 0 Å². The zero-order chi connectivity index (χ0) is 15.7. The van der Waals surface area contributed by atoms with Crippen LogP contribution in [0.25, 0.3) is 0 Å². The average Bonchev–Trinajstić information content (AvgIpc) is 2.45. The van der Waals surface area contributed by atoms with E-state index in [4.69, 9.17) is 5.73 Å². The van der Waals surface area contributed by atoms with E-state index < -0.39 is 0 Å². The van der Waals surface area contributed by atoms with E-state index in [2.05, 4.69) is 11.6 Å². The first-order chi connectivity index (χ1) is 10.1. The molecule has 118 valence electrons. The summed E-state index contributed by atoms with van der Waals surface area (Å²) in [6.45, 7) is 0.730. The van der Waals surface area contributed by atoms with Crippen LogP contribution in [0.3, 0.4) is 0 Å². The molecular weight excluding hydrogens is 282 g/mol. The summed E-state index contributed by atoms with van der Waals surface area (Å²) in [5, 5.41) is 2.95. The zero-order valence-electron chi connectivity index (χ0n) is 13.3. The Balaban J connectivity index is 2.34. The molecule has 1 aromatic rings. The first kappa shape index (κ1) is 17.7. The second kappa shape index (κ2) is 9.55. The van der Waals surface area contributed by atoms with E-state index >= 15 is 0 Å². The highest BCUT2D eigenvalue weighted by molar-refractivity contribution is 7.98. The summed E-state index contributed by atoms with van der Waals surface area (Å²) in [4.78, 5) is 14.0. The maximum absolute atomic E-state index is 12.0. The quantitative estimate of drug-likeness (QED) is 0.544. The molecule has 0 bridgehead atoms. The maximum atomic E-state index is 12.0. The van der Waals surface area contributed by atoms with Crippen LogP contribution >= 0.6 is 11.8 Å². The lowest BCUT2D eigenvalue weighted by Gasteiger charge is -2.15. The fourth-order valence-electron chi connectivity index (χ4n) is 2.13. The number of benzene rings is 1. The van der Waals surface area contributed by atoms with Gasteiger partial charge in [0.05, 0.1) is 11.4 Å². The normalized spacial score (nSPS) is 10.4. The minimum atomic E-state index is -0.0453. The van der Waals surface area contributed by atoms with Crippen molar-refractivity contribution in [2.24, 2.45) is 0 Å². The molecule has 0 aliphatic heterocycles. The topological polar surface area (TPSA) is 58.4 Å². The molecule has 4 nitrogen and oxygen atoms in total. The third-order valence-electron chi connectivity index (χ3n) is 3.33. The van der Waals surface area contributed by atoms with Crippen molar-refractivity contribution in [3.8, 4) is 0 Å². The summed E-state index contributed by atoms with van der Waals surface area (Å²) in [6.07, 6.45) is 6.83. The highest BCUT2D eigenvalue weighted by Crippen LogP contribution is 2.22. The van der Waals surface area contributed by atoms with E-state index in [1.807, 2.05) is 42.9 Å². The Morgan fingerprint density at radius 3 is 2.57 bits per heavy atom. The molecule has 0 unspecified atom stereocenters. The second-order valence-electron chi connectivity index (χ2n) is 5.33. The van der Waals surface area contributed by atoms with Gasteiger partial charge in [0.1, 0.15) is 0 Å². The standard InChI is InChI=1S/C16H27N3OS/c1-19(2)15-9-8-13(12-14(15)17)16(20)18-10-6-4-5-7-11-21-3/h8-9,12H,4-7,10-11,17H2,1-3H3,(H,18,20). The third-order valence-corrected chi connectivity index (χ3v) is 4.03. The lowest BCUT2D eigenvalue weighted by Crippen LogP contribution is -2.24. The summed E-state index contributed by atoms with van der Waals surface area (Å²) in [7, 11) is 3.87. The molecule has 0 heterocycles. The van der Waals surface area contributed by atoms with Gasteiger partial charge in [0.25, 0.3) is 5.91 Å². The lowest BCUT2D eigenvalue weighted by atomic mass is 10.1. The summed E-state index contributed by atoms with van der Waals surface area (Å²) in [6, 6.07) is 5.44. The Morgan fingerprint density at radius 2 is 1.95 bits per heavy atom. The highest BCUT2D eigenvalue weighted by Gasteiger charge is 2.08. The van der Waals surface area contributed by atoms with Gasteiger partial charge in [-0.1, -0.05) is 12.8 Å². The number of anilines is 2. The van der Waals surface area contributed by atoms with Crippen molar-refractivity contribution >= 4 is 29.0 Å². The SMILES string of the molecule is CSCCCCCCNC(=O)c1ccc(N(C)C)c(N)c1. The molecule has 5 heteroatoms. The first-order valence-electron chi connectivity index (χ1n) is 7.40. The van der Waals surface area contributed by atoms with Crippen molar-refractivity contribution in [1.82, 2.24) is 5.32 Å². The molecule has 0 aliphatic carbocycles. The van der Waals surface area contributed by atoms with Gasteiger partial charge < -0.3 is 16.0 Å². The number of unbranched alkanes of at least 4 members (excludes halogenated alkanes) is 3. The Bertz CT molecular complexity index is 449. The van der Waals surface area contributed by atoms with E-state index in [9.17, 15) is 4.79 Å². The Kier molecular flexibility index (Phi) is 8.05. The van der Waals surface area contributed by atoms with E-state index in [0.717, 1.165) is 18.7 Å². The monoisotopic (exact) mass is 309 g/mol. The van der Waals surface area contributed by atoms with Crippen molar-refractivity contribution in [1.29, 1.82) is 0 Å². The average molecular weight is 309 g/mol. The van der Waals surface area contributed by atoms with Gasteiger partial charge in [-0.25, -0.2) is 0 Å². The number of thioether (sulfide) groups is 1. The molecule has 0 fully saturated rings. The predicted molar refractivity (Wildman–Crippen MR) is 94.4 cm³/mol. The lowest BCUT2D eigenvalue weighted by molar-refractivity contribution is 0.0953. The molecule has 0 saturated heterocycles. The number of amides is 1. The van der Waals surface area contributed by atoms with Gasteiger partial charge in [0.15, 0.2) is 0 Å². The van der Waals surface area contributed by atoms with Crippen LogP contribution in [0.1, 0.15) is 36.0 Å². The van der Waals surface area contributed by atoms with Crippen LogP contribution in [-0.4, -0.2) is 38.6 Å².